The number of aromatic nitrogens is 1. The first kappa shape index (κ1) is 25.2. The molecule has 0 saturated carbocycles. The predicted octanol–water partition coefficient (Wildman–Crippen LogP) is 2.69. The van der Waals surface area contributed by atoms with E-state index in [0.29, 0.717) is 29.9 Å². The summed E-state index contributed by atoms with van der Waals surface area (Å²) < 4.78 is 10.5. The van der Waals surface area contributed by atoms with E-state index in [-0.39, 0.29) is 23.7 Å². The third-order valence-corrected chi connectivity index (χ3v) is 4.67. The maximum Gasteiger partial charge on any atom is 0.278 e. The standard InChI is InChI=1S/C22H26N6O5/c1-5-27(6-2)20-8-7-18(28(30)31)10-16(20)12-24-26-21(29)14-33-22-19(11-23)17(13-32-4)9-15(3)25-22/h7-10,12H,5-6,13-14H2,1-4H3,(H,26,29)/b24-12-. The summed E-state index contributed by atoms with van der Waals surface area (Å²) >= 11 is 0. The average Bonchev–Trinajstić information content (AvgIpc) is 2.79. The molecule has 0 atom stereocenters. The molecule has 0 aliphatic carbocycles. The van der Waals surface area contributed by atoms with Crippen LogP contribution in [0.4, 0.5) is 11.4 Å². The van der Waals surface area contributed by atoms with E-state index < -0.39 is 17.4 Å². The minimum absolute atomic E-state index is 0.0335. The molecule has 1 aromatic heterocycles. The molecule has 11 heteroatoms. The summed E-state index contributed by atoms with van der Waals surface area (Å²) in [6.07, 6.45) is 1.35. The molecule has 33 heavy (non-hydrogen) atoms. The Morgan fingerprint density at radius 2 is 2.09 bits per heavy atom. The molecule has 0 aliphatic rings. The minimum Gasteiger partial charge on any atom is -0.467 e. The van der Waals surface area contributed by atoms with E-state index in [9.17, 15) is 20.2 Å². The molecule has 0 radical (unpaired) electrons. The highest BCUT2D eigenvalue weighted by Gasteiger charge is 2.15. The maximum atomic E-state index is 12.2. The number of nitriles is 1. The van der Waals surface area contributed by atoms with Crippen molar-refractivity contribution >= 4 is 23.5 Å². The van der Waals surface area contributed by atoms with Crippen LogP contribution in [0.5, 0.6) is 5.88 Å². The van der Waals surface area contributed by atoms with Gasteiger partial charge in [-0.1, -0.05) is 0 Å². The van der Waals surface area contributed by atoms with E-state index in [2.05, 4.69) is 15.5 Å². The van der Waals surface area contributed by atoms with Gasteiger partial charge in [0, 0.05) is 54.8 Å². The Labute approximate surface area is 191 Å². The van der Waals surface area contributed by atoms with Crippen LogP contribution in [-0.2, 0) is 16.1 Å². The van der Waals surface area contributed by atoms with Crippen molar-refractivity contribution in [2.24, 2.45) is 5.10 Å². The number of carbonyl (C=O) groups excluding carboxylic acids is 1. The normalized spacial score (nSPS) is 10.6. The molecule has 0 bridgehead atoms. The number of amides is 1. The molecular formula is C22H26N6O5. The number of hydrogen-bond acceptors (Lipinski definition) is 9. The maximum absolute atomic E-state index is 12.2. The summed E-state index contributed by atoms with van der Waals surface area (Å²) in [6, 6.07) is 8.21. The quantitative estimate of drug-likeness (QED) is 0.310. The van der Waals surface area contributed by atoms with Crippen molar-refractivity contribution < 1.29 is 19.2 Å². The zero-order valence-electron chi connectivity index (χ0n) is 19.0. The fourth-order valence-electron chi connectivity index (χ4n) is 3.15. The number of non-ortho nitro benzene ring substituents is 1. The number of anilines is 1. The summed E-state index contributed by atoms with van der Waals surface area (Å²) in [5.41, 5.74) is 4.91. The highest BCUT2D eigenvalue weighted by molar-refractivity contribution is 5.90. The highest BCUT2D eigenvalue weighted by atomic mass is 16.6. The monoisotopic (exact) mass is 454 g/mol. The van der Waals surface area contributed by atoms with Crippen LogP contribution in [0.2, 0.25) is 0 Å². The van der Waals surface area contributed by atoms with Crippen molar-refractivity contribution in [2.75, 3.05) is 31.7 Å². The molecular weight excluding hydrogens is 428 g/mol. The van der Waals surface area contributed by atoms with Gasteiger partial charge in [-0.05, 0) is 32.9 Å². The van der Waals surface area contributed by atoms with Crippen LogP contribution >= 0.6 is 0 Å². The molecule has 11 nitrogen and oxygen atoms in total. The number of aryl methyl sites for hydroxylation is 1. The lowest BCUT2D eigenvalue weighted by Gasteiger charge is -2.22. The van der Waals surface area contributed by atoms with Crippen LogP contribution in [0.3, 0.4) is 0 Å². The first-order valence-electron chi connectivity index (χ1n) is 10.2. The van der Waals surface area contributed by atoms with Crippen LogP contribution in [0, 0.1) is 28.4 Å². The van der Waals surface area contributed by atoms with Crippen molar-refractivity contribution in [3.05, 3.63) is 56.8 Å². The Morgan fingerprint density at radius 3 is 2.70 bits per heavy atom. The fourth-order valence-corrected chi connectivity index (χ4v) is 3.15. The Hall–Kier alpha value is -4.04. The topological polar surface area (TPSA) is 143 Å². The van der Waals surface area contributed by atoms with Crippen LogP contribution in [-0.4, -0.2) is 48.8 Å². The van der Waals surface area contributed by atoms with Gasteiger partial charge in [-0.15, -0.1) is 0 Å². The lowest BCUT2D eigenvalue weighted by atomic mass is 10.1. The minimum atomic E-state index is -0.582. The molecule has 2 rings (SSSR count). The highest BCUT2D eigenvalue weighted by Crippen LogP contribution is 2.24. The second kappa shape index (κ2) is 12.1. The van der Waals surface area contributed by atoms with Crippen LogP contribution in [0.25, 0.3) is 0 Å². The number of nitrogens with zero attached hydrogens (tertiary/aromatic N) is 5. The van der Waals surface area contributed by atoms with Gasteiger partial charge < -0.3 is 14.4 Å². The van der Waals surface area contributed by atoms with Crippen molar-refractivity contribution in [1.82, 2.24) is 10.4 Å². The first-order valence-corrected chi connectivity index (χ1v) is 10.2. The Bertz CT molecular complexity index is 1080. The number of nitro groups is 1. The van der Waals surface area contributed by atoms with Crippen molar-refractivity contribution in [1.29, 1.82) is 5.26 Å². The molecule has 0 fully saturated rings. The number of ether oxygens (including phenoxy) is 2. The summed E-state index contributed by atoms with van der Waals surface area (Å²) in [5, 5.41) is 24.5. The third kappa shape index (κ3) is 6.72. The Kier molecular flexibility index (Phi) is 9.26. The number of nitro benzene ring substituents is 1. The number of hydrogen-bond donors (Lipinski definition) is 1. The number of nitrogens with one attached hydrogen (secondary N) is 1. The molecule has 1 aromatic carbocycles. The van der Waals surface area contributed by atoms with E-state index in [1.807, 2.05) is 24.8 Å². The number of pyridine rings is 1. The number of carbonyl (C=O) groups is 1. The van der Waals surface area contributed by atoms with Gasteiger partial charge in [0.15, 0.2) is 6.61 Å². The van der Waals surface area contributed by atoms with E-state index >= 15 is 0 Å². The molecule has 0 spiro atoms. The van der Waals surface area contributed by atoms with Gasteiger partial charge >= 0.3 is 0 Å². The largest absolute Gasteiger partial charge is 0.467 e. The smallest absolute Gasteiger partial charge is 0.278 e. The number of hydrazone groups is 1. The fraction of sp³-hybridized carbons (Fsp3) is 0.364. The Morgan fingerprint density at radius 1 is 1.36 bits per heavy atom. The zero-order chi connectivity index (χ0) is 24.4. The number of benzene rings is 1. The SMILES string of the molecule is CCN(CC)c1ccc([N+](=O)[O-])cc1/C=N\NC(=O)COc1nc(C)cc(COC)c1C#N. The zero-order valence-corrected chi connectivity index (χ0v) is 19.0. The average molecular weight is 454 g/mol. The van der Waals surface area contributed by atoms with Crippen molar-refractivity contribution in [3.8, 4) is 11.9 Å². The molecule has 1 heterocycles. The lowest BCUT2D eigenvalue weighted by Crippen LogP contribution is -2.26. The first-order chi connectivity index (χ1) is 15.8. The predicted molar refractivity (Wildman–Crippen MR) is 122 cm³/mol. The number of rotatable bonds is 11. The van der Waals surface area contributed by atoms with E-state index in [0.717, 1.165) is 5.69 Å². The van der Waals surface area contributed by atoms with Crippen LogP contribution < -0.4 is 15.1 Å². The van der Waals surface area contributed by atoms with Crippen molar-refractivity contribution in [3.63, 3.8) is 0 Å². The molecule has 2 aromatic rings. The molecule has 0 saturated heterocycles. The summed E-state index contributed by atoms with van der Waals surface area (Å²) in [4.78, 5) is 29.0. The van der Waals surface area contributed by atoms with Crippen molar-refractivity contribution in [2.45, 2.75) is 27.4 Å². The number of methoxy groups -OCH3 is 1. The van der Waals surface area contributed by atoms with E-state index in [1.165, 1.54) is 25.5 Å². The molecule has 1 amide bonds. The van der Waals surface area contributed by atoms with E-state index in [4.69, 9.17) is 9.47 Å². The van der Waals surface area contributed by atoms with Crippen LogP contribution in [0.1, 0.15) is 36.2 Å². The second-order valence-corrected chi connectivity index (χ2v) is 6.90. The Balaban J connectivity index is 2.13. The third-order valence-electron chi connectivity index (χ3n) is 4.67. The van der Waals surface area contributed by atoms with Gasteiger partial charge in [0.05, 0.1) is 17.7 Å². The van der Waals surface area contributed by atoms with Crippen LogP contribution in [0.15, 0.2) is 29.4 Å². The lowest BCUT2D eigenvalue weighted by molar-refractivity contribution is -0.384. The summed E-state index contributed by atoms with van der Waals surface area (Å²) in [7, 11) is 1.51. The van der Waals surface area contributed by atoms with Gasteiger partial charge in [0.2, 0.25) is 5.88 Å². The van der Waals surface area contributed by atoms with Gasteiger partial charge in [-0.25, -0.2) is 10.4 Å². The summed E-state index contributed by atoms with van der Waals surface area (Å²) in [6.45, 7) is 6.86. The second-order valence-electron chi connectivity index (χ2n) is 6.90. The molecule has 0 aliphatic heterocycles. The van der Waals surface area contributed by atoms with Gasteiger partial charge in [-0.3, -0.25) is 14.9 Å². The van der Waals surface area contributed by atoms with E-state index in [1.54, 1.807) is 19.1 Å². The molecule has 0 unspecified atom stereocenters. The van der Waals surface area contributed by atoms with Gasteiger partial charge in [-0.2, -0.15) is 10.4 Å². The molecule has 174 valence electrons. The van der Waals surface area contributed by atoms with Gasteiger partial charge in [0.25, 0.3) is 11.6 Å². The van der Waals surface area contributed by atoms with Gasteiger partial charge in [0.1, 0.15) is 11.6 Å². The summed E-state index contributed by atoms with van der Waals surface area (Å²) in [5.74, 6) is -0.548. The molecule has 1 N–H and O–H groups in total.